The van der Waals surface area contributed by atoms with E-state index in [0.29, 0.717) is 11.5 Å². The van der Waals surface area contributed by atoms with Crippen molar-refractivity contribution in [2.75, 3.05) is 0 Å². The number of nitrogens with zero attached hydrogens (tertiary/aromatic N) is 4. The van der Waals surface area contributed by atoms with E-state index in [9.17, 15) is 0 Å². The predicted octanol–water partition coefficient (Wildman–Crippen LogP) is 10.1. The van der Waals surface area contributed by atoms with Gasteiger partial charge in [0.25, 0.3) is 0 Å². The molecule has 0 spiro atoms. The van der Waals surface area contributed by atoms with Crippen LogP contribution >= 0.6 is 0 Å². The molecule has 0 amide bonds. The second-order valence-electron chi connectivity index (χ2n) is 11.8. The summed E-state index contributed by atoms with van der Waals surface area (Å²) in [6, 6.07) is 45.6. The van der Waals surface area contributed by atoms with Crippen LogP contribution in [0, 0.1) is 5.92 Å². The third-order valence-electron chi connectivity index (χ3n) is 8.88. The molecular formula is C42H28N4O. The Kier molecular flexibility index (Phi) is 6.53. The van der Waals surface area contributed by atoms with Gasteiger partial charge in [0.05, 0.1) is 22.8 Å². The number of rotatable bonds is 5. The Labute approximate surface area is 272 Å². The third-order valence-corrected chi connectivity index (χ3v) is 8.88. The summed E-state index contributed by atoms with van der Waals surface area (Å²) in [4.78, 5) is 20.3. The molecule has 2 atom stereocenters. The minimum Gasteiger partial charge on any atom is -0.438 e. The van der Waals surface area contributed by atoms with Crippen LogP contribution in [0.5, 0.6) is 0 Å². The Morgan fingerprint density at radius 2 is 1.26 bits per heavy atom. The van der Waals surface area contributed by atoms with Gasteiger partial charge in [0.2, 0.25) is 5.71 Å². The van der Waals surface area contributed by atoms with Crippen LogP contribution in [0.3, 0.4) is 0 Å². The number of allylic oxidation sites excluding steroid dienone is 3. The molecule has 0 N–H and O–H groups in total. The lowest BCUT2D eigenvalue weighted by Crippen LogP contribution is -2.26. The van der Waals surface area contributed by atoms with E-state index in [1.807, 2.05) is 42.5 Å². The summed E-state index contributed by atoms with van der Waals surface area (Å²) in [5.41, 5.74) is 9.48. The summed E-state index contributed by atoms with van der Waals surface area (Å²) in [6.07, 6.45) is 8.44. The molecule has 9 rings (SSSR count). The highest BCUT2D eigenvalue weighted by Gasteiger charge is 2.30. The van der Waals surface area contributed by atoms with Crippen molar-refractivity contribution < 1.29 is 4.42 Å². The summed E-state index contributed by atoms with van der Waals surface area (Å²) in [7, 11) is 0. The van der Waals surface area contributed by atoms with Crippen LogP contribution in [0.4, 0.5) is 0 Å². The van der Waals surface area contributed by atoms with Crippen molar-refractivity contribution in [2.24, 2.45) is 15.9 Å². The first-order valence-electron chi connectivity index (χ1n) is 15.8. The number of aromatic nitrogens is 2. The van der Waals surface area contributed by atoms with Gasteiger partial charge >= 0.3 is 0 Å². The van der Waals surface area contributed by atoms with E-state index in [4.69, 9.17) is 24.4 Å². The Balaban J connectivity index is 1.13. The van der Waals surface area contributed by atoms with Crippen LogP contribution in [-0.4, -0.2) is 21.5 Å². The monoisotopic (exact) mass is 604 g/mol. The minimum absolute atomic E-state index is 0.0315. The third kappa shape index (κ3) is 4.89. The highest BCUT2D eigenvalue weighted by atomic mass is 16.3. The van der Waals surface area contributed by atoms with Crippen molar-refractivity contribution in [3.8, 4) is 33.8 Å². The highest BCUT2D eigenvalue weighted by Crippen LogP contribution is 2.38. The summed E-state index contributed by atoms with van der Waals surface area (Å²) in [5.74, 6) is 1.48. The molecule has 0 fully saturated rings. The topological polar surface area (TPSA) is 63.6 Å². The maximum atomic E-state index is 6.27. The van der Waals surface area contributed by atoms with E-state index in [0.717, 1.165) is 61.4 Å². The molecular weight excluding hydrogens is 576 g/mol. The van der Waals surface area contributed by atoms with Crippen molar-refractivity contribution in [3.05, 3.63) is 169 Å². The van der Waals surface area contributed by atoms with Crippen molar-refractivity contribution >= 4 is 33.6 Å². The number of aliphatic imine (C=N–C) groups is 2. The second-order valence-corrected chi connectivity index (χ2v) is 11.8. The zero-order chi connectivity index (χ0) is 31.2. The molecule has 47 heavy (non-hydrogen) atoms. The summed E-state index contributed by atoms with van der Waals surface area (Å²) >= 11 is 0. The van der Waals surface area contributed by atoms with Crippen LogP contribution in [0.15, 0.2) is 172 Å². The van der Waals surface area contributed by atoms with Gasteiger partial charge in [-0.05, 0) is 41.0 Å². The van der Waals surface area contributed by atoms with Crippen LogP contribution in [0.1, 0.15) is 17.2 Å². The zero-order valence-electron chi connectivity index (χ0n) is 25.4. The van der Waals surface area contributed by atoms with Gasteiger partial charge in [-0.2, -0.15) is 4.98 Å². The highest BCUT2D eigenvalue weighted by molar-refractivity contribution is 6.14. The molecule has 2 aromatic heterocycles. The number of furan rings is 1. The van der Waals surface area contributed by atoms with Crippen molar-refractivity contribution in [3.63, 3.8) is 0 Å². The smallest absolute Gasteiger partial charge is 0.231 e. The van der Waals surface area contributed by atoms with Gasteiger partial charge in [0.1, 0.15) is 5.58 Å². The molecule has 3 heterocycles. The molecule has 5 nitrogen and oxygen atoms in total. The lowest BCUT2D eigenvalue weighted by molar-refractivity contribution is 0.641. The summed E-state index contributed by atoms with van der Waals surface area (Å²) < 4.78 is 6.27. The largest absolute Gasteiger partial charge is 0.438 e. The first-order valence-corrected chi connectivity index (χ1v) is 15.8. The molecule has 1 aliphatic carbocycles. The number of hydrogen-bond acceptors (Lipinski definition) is 5. The van der Waals surface area contributed by atoms with Crippen molar-refractivity contribution in [1.82, 2.24) is 9.97 Å². The maximum absolute atomic E-state index is 6.27. The van der Waals surface area contributed by atoms with Gasteiger partial charge < -0.3 is 4.42 Å². The predicted molar refractivity (Wildman–Crippen MR) is 191 cm³/mol. The number of amidine groups is 1. The van der Waals surface area contributed by atoms with Crippen LogP contribution in [-0.2, 0) is 0 Å². The van der Waals surface area contributed by atoms with Gasteiger partial charge in [-0.1, -0.05) is 133 Å². The van der Waals surface area contributed by atoms with Crippen molar-refractivity contribution in [1.29, 1.82) is 0 Å². The van der Waals surface area contributed by atoms with E-state index in [1.54, 1.807) is 0 Å². The number of para-hydroxylation sites is 1. The Morgan fingerprint density at radius 1 is 0.574 bits per heavy atom. The average molecular weight is 605 g/mol. The second kappa shape index (κ2) is 11.3. The zero-order valence-corrected chi connectivity index (χ0v) is 25.4. The molecule has 0 saturated carbocycles. The van der Waals surface area contributed by atoms with Crippen molar-refractivity contribution in [2.45, 2.75) is 6.04 Å². The van der Waals surface area contributed by atoms with Crippen LogP contribution in [0.25, 0.3) is 55.8 Å². The number of hydrogen-bond donors (Lipinski definition) is 0. The Morgan fingerprint density at radius 3 is 2.09 bits per heavy atom. The van der Waals surface area contributed by atoms with E-state index in [-0.39, 0.29) is 12.0 Å². The molecule has 2 aliphatic rings. The van der Waals surface area contributed by atoms with Gasteiger partial charge in [-0.25, -0.2) is 9.98 Å². The molecule has 7 aromatic rings. The fraction of sp³-hybridized carbons (Fsp3) is 0.0476. The molecule has 0 radical (unpaired) electrons. The number of benzene rings is 5. The minimum atomic E-state index is -0.0315. The first kappa shape index (κ1) is 27.1. The lowest BCUT2D eigenvalue weighted by Gasteiger charge is -2.28. The maximum Gasteiger partial charge on any atom is 0.231 e. The van der Waals surface area contributed by atoms with E-state index in [1.165, 1.54) is 5.56 Å². The summed E-state index contributed by atoms with van der Waals surface area (Å²) in [5, 5.41) is 1.93. The SMILES string of the molecule is C1=CC2=NC(c3cccc(-c4cccc(-c5nc(-c6ccccc6)c6c(n5)oc5ccccc56)c4)c3)=NC(c3ccccc3)C2C=C1. The average Bonchev–Trinajstić information content (AvgIpc) is 3.53. The Bertz CT molecular complexity index is 2420. The van der Waals surface area contributed by atoms with E-state index < -0.39 is 0 Å². The number of fused-ring (bicyclic) bond motifs is 4. The van der Waals surface area contributed by atoms with E-state index >= 15 is 0 Å². The van der Waals surface area contributed by atoms with Gasteiger partial charge in [-0.3, -0.25) is 4.99 Å². The standard InChI is InChI=1S/C42H28N4O/c1-3-13-27(14-4-1)38-33-21-7-9-23-35(33)43-40(44-38)31-19-11-17-29(25-31)30-18-12-20-32(26-30)41-45-39(28-15-5-2-6-16-28)37-34-22-8-10-24-36(34)47-42(37)46-41/h1-26,33,38H. The molecule has 222 valence electrons. The van der Waals surface area contributed by atoms with E-state index in [2.05, 4.69) is 115 Å². The molecule has 0 saturated heterocycles. The Hall–Kier alpha value is -6.20. The van der Waals surface area contributed by atoms with Gasteiger partial charge in [0.15, 0.2) is 11.7 Å². The summed E-state index contributed by atoms with van der Waals surface area (Å²) in [6.45, 7) is 0. The molecule has 5 aromatic carbocycles. The molecule has 0 bridgehead atoms. The first-order chi connectivity index (χ1) is 23.3. The molecule has 5 heteroatoms. The fourth-order valence-corrected chi connectivity index (χ4v) is 6.59. The fourth-order valence-electron chi connectivity index (χ4n) is 6.59. The molecule has 2 unspecified atom stereocenters. The quantitative estimate of drug-likeness (QED) is 0.196. The van der Waals surface area contributed by atoms with Gasteiger partial charge in [0, 0.05) is 28.0 Å². The van der Waals surface area contributed by atoms with Gasteiger partial charge in [-0.15, -0.1) is 0 Å². The normalized spacial score (nSPS) is 17.0. The lowest BCUT2D eigenvalue weighted by atomic mass is 9.85. The van der Waals surface area contributed by atoms with Crippen LogP contribution in [0.2, 0.25) is 0 Å². The van der Waals surface area contributed by atoms with Crippen LogP contribution < -0.4 is 0 Å². The molecule has 1 aliphatic heterocycles.